The Morgan fingerprint density at radius 2 is 1.86 bits per heavy atom. The molecule has 0 saturated carbocycles. The summed E-state index contributed by atoms with van der Waals surface area (Å²) in [5.41, 5.74) is 2.08. The average Bonchev–Trinajstić information content (AvgIpc) is 2.18. The van der Waals surface area contributed by atoms with Gasteiger partial charge in [-0.3, -0.25) is 4.79 Å². The van der Waals surface area contributed by atoms with Crippen molar-refractivity contribution < 1.29 is 4.79 Å². The Hall–Kier alpha value is -0.630. The van der Waals surface area contributed by atoms with Gasteiger partial charge in [-0.15, -0.1) is 0 Å². The summed E-state index contributed by atoms with van der Waals surface area (Å²) >= 11 is 3.39. The number of Topliss-reactive ketones (excluding diaryl/α,β-unsaturated/α-hetero) is 1. The van der Waals surface area contributed by atoms with Crippen LogP contribution in [0.25, 0.3) is 0 Å². The predicted molar refractivity (Wildman–Crippen MR) is 63.1 cm³/mol. The maximum Gasteiger partial charge on any atom is 0.165 e. The van der Waals surface area contributed by atoms with Gasteiger partial charge in [0.2, 0.25) is 0 Å². The molecule has 0 unspecified atom stereocenters. The van der Waals surface area contributed by atoms with Crippen molar-refractivity contribution in [1.29, 1.82) is 0 Å². The number of benzene rings is 1. The maximum atomic E-state index is 11.6. The first-order chi connectivity index (χ1) is 6.65. The first-order valence-corrected chi connectivity index (χ1v) is 5.96. The molecule has 0 atom stereocenters. The highest BCUT2D eigenvalue weighted by molar-refractivity contribution is 9.09. The number of alkyl halides is 1. The molecular weight excluding hydrogens is 240 g/mol. The van der Waals surface area contributed by atoms with Gasteiger partial charge in [-0.2, -0.15) is 0 Å². The van der Waals surface area contributed by atoms with Gasteiger partial charge in [0.05, 0.1) is 0 Å². The van der Waals surface area contributed by atoms with Crippen molar-refractivity contribution in [1.82, 2.24) is 0 Å². The van der Waals surface area contributed by atoms with E-state index in [0.717, 1.165) is 17.3 Å². The molecule has 0 aliphatic carbocycles. The normalized spacial score (nSPS) is 10.6. The second-order valence-electron chi connectivity index (χ2n) is 3.65. The lowest BCUT2D eigenvalue weighted by molar-refractivity contribution is 0.0939. The number of hydrogen-bond acceptors (Lipinski definition) is 1. The molecule has 1 nitrogen and oxygen atoms in total. The van der Waals surface area contributed by atoms with E-state index in [0.29, 0.717) is 0 Å². The van der Waals surface area contributed by atoms with Crippen LogP contribution in [0.3, 0.4) is 0 Å². The van der Waals surface area contributed by atoms with Crippen LogP contribution >= 0.6 is 15.9 Å². The quantitative estimate of drug-likeness (QED) is 0.594. The van der Waals surface area contributed by atoms with E-state index >= 15 is 0 Å². The lowest BCUT2D eigenvalue weighted by Crippen LogP contribution is -2.07. The van der Waals surface area contributed by atoms with Crippen LogP contribution in [-0.4, -0.2) is 11.1 Å². The Balaban J connectivity index is 2.78. The molecule has 0 aliphatic heterocycles. The molecule has 0 aromatic heterocycles. The highest BCUT2D eigenvalue weighted by atomic mass is 79.9. The maximum absolute atomic E-state index is 11.6. The summed E-state index contributed by atoms with van der Waals surface area (Å²) in [5, 5.41) is 0.963. The van der Waals surface area contributed by atoms with E-state index in [1.807, 2.05) is 38.1 Å². The summed E-state index contributed by atoms with van der Waals surface area (Å²) < 4.78 is 0. The largest absolute Gasteiger partial charge is 0.294 e. The van der Waals surface area contributed by atoms with Gasteiger partial charge in [0.1, 0.15) is 0 Å². The fraction of sp³-hybridized carbons (Fsp3) is 0.417. The molecule has 0 spiro atoms. The summed E-state index contributed by atoms with van der Waals surface area (Å²) in [4.78, 5) is 11.6. The average molecular weight is 255 g/mol. The van der Waals surface area contributed by atoms with Gasteiger partial charge in [0.15, 0.2) is 5.78 Å². The fourth-order valence-corrected chi connectivity index (χ4v) is 1.74. The van der Waals surface area contributed by atoms with E-state index in [4.69, 9.17) is 0 Å². The Morgan fingerprint density at radius 3 is 2.29 bits per heavy atom. The van der Waals surface area contributed by atoms with E-state index in [-0.39, 0.29) is 11.7 Å². The third-order valence-electron chi connectivity index (χ3n) is 2.15. The molecule has 1 rings (SSSR count). The van der Waals surface area contributed by atoms with E-state index in [2.05, 4.69) is 15.9 Å². The van der Waals surface area contributed by atoms with Crippen molar-refractivity contribution >= 4 is 21.7 Å². The number of hydrogen-bond donors (Lipinski definition) is 0. The summed E-state index contributed by atoms with van der Waals surface area (Å²) in [6.45, 7) is 3.85. The lowest BCUT2D eigenvalue weighted by atomic mass is 10.00. The molecule has 1 aromatic carbocycles. The third-order valence-corrected chi connectivity index (χ3v) is 2.54. The fourth-order valence-electron chi connectivity index (χ4n) is 1.28. The minimum atomic E-state index is 0.0806. The van der Waals surface area contributed by atoms with E-state index in [1.165, 1.54) is 5.56 Å². The van der Waals surface area contributed by atoms with Gasteiger partial charge in [0, 0.05) is 16.8 Å². The molecule has 0 radical (unpaired) electrons. The lowest BCUT2D eigenvalue weighted by Gasteiger charge is -2.04. The molecule has 2 heteroatoms. The molecule has 0 fully saturated rings. The molecule has 0 saturated heterocycles. The van der Waals surface area contributed by atoms with Crippen molar-refractivity contribution in [3.63, 3.8) is 0 Å². The van der Waals surface area contributed by atoms with Crippen molar-refractivity contribution in [3.05, 3.63) is 35.4 Å². The number of carbonyl (C=O) groups is 1. The minimum absolute atomic E-state index is 0.0806. The monoisotopic (exact) mass is 254 g/mol. The second kappa shape index (κ2) is 5.30. The van der Waals surface area contributed by atoms with Gasteiger partial charge in [-0.1, -0.05) is 54.0 Å². The zero-order valence-corrected chi connectivity index (χ0v) is 10.2. The zero-order valence-electron chi connectivity index (χ0n) is 8.59. The number of rotatable bonds is 4. The van der Waals surface area contributed by atoms with Gasteiger partial charge in [0.25, 0.3) is 0 Å². The summed E-state index contributed by atoms with van der Waals surface area (Å²) in [7, 11) is 0. The third kappa shape index (κ3) is 2.95. The molecular formula is C12H15BrO. The Labute approximate surface area is 93.7 Å². The van der Waals surface area contributed by atoms with Crippen LogP contribution in [0.4, 0.5) is 0 Å². The molecule has 0 heterocycles. The molecule has 76 valence electrons. The summed E-state index contributed by atoms with van der Waals surface area (Å²) in [6, 6.07) is 7.88. The minimum Gasteiger partial charge on any atom is -0.294 e. The number of halogens is 1. The van der Waals surface area contributed by atoms with Gasteiger partial charge < -0.3 is 0 Å². The Morgan fingerprint density at radius 1 is 1.29 bits per heavy atom. The summed E-state index contributed by atoms with van der Waals surface area (Å²) in [5.74, 6) is 0.299. The van der Waals surface area contributed by atoms with Crippen molar-refractivity contribution in [2.75, 3.05) is 5.33 Å². The number of ketones is 1. The van der Waals surface area contributed by atoms with E-state index in [1.54, 1.807) is 0 Å². The van der Waals surface area contributed by atoms with Crippen LogP contribution in [0.5, 0.6) is 0 Å². The second-order valence-corrected chi connectivity index (χ2v) is 4.45. The Kier molecular flexibility index (Phi) is 4.33. The molecule has 0 amide bonds. The molecule has 0 aliphatic rings. The van der Waals surface area contributed by atoms with Crippen LogP contribution < -0.4 is 0 Å². The molecule has 1 aromatic rings. The summed E-state index contributed by atoms with van der Waals surface area (Å²) in [6.07, 6.45) is 1.01. The topological polar surface area (TPSA) is 17.1 Å². The van der Waals surface area contributed by atoms with Crippen LogP contribution in [0.1, 0.15) is 29.8 Å². The first-order valence-electron chi connectivity index (χ1n) is 4.84. The van der Waals surface area contributed by atoms with Gasteiger partial charge in [-0.05, 0) is 12.0 Å². The number of aryl methyl sites for hydroxylation is 1. The first kappa shape index (κ1) is 11.4. The van der Waals surface area contributed by atoms with Crippen LogP contribution in [0.15, 0.2) is 24.3 Å². The van der Waals surface area contributed by atoms with Gasteiger partial charge in [-0.25, -0.2) is 0 Å². The van der Waals surface area contributed by atoms with Crippen molar-refractivity contribution in [2.45, 2.75) is 20.3 Å². The van der Waals surface area contributed by atoms with Crippen LogP contribution in [-0.2, 0) is 6.42 Å². The Bertz CT molecular complexity index is 301. The predicted octanol–water partition coefficient (Wildman–Crippen LogP) is 3.46. The highest BCUT2D eigenvalue weighted by Gasteiger charge is 2.09. The van der Waals surface area contributed by atoms with Crippen LogP contribution in [0.2, 0.25) is 0 Å². The smallest absolute Gasteiger partial charge is 0.165 e. The SMILES string of the molecule is CC(C)C(=O)c1ccc(CCBr)cc1. The van der Waals surface area contributed by atoms with Crippen molar-refractivity contribution in [3.8, 4) is 0 Å². The number of carbonyl (C=O) groups excluding carboxylic acids is 1. The van der Waals surface area contributed by atoms with E-state index < -0.39 is 0 Å². The van der Waals surface area contributed by atoms with Crippen LogP contribution in [0, 0.1) is 5.92 Å². The molecule has 14 heavy (non-hydrogen) atoms. The molecule has 0 bridgehead atoms. The highest BCUT2D eigenvalue weighted by Crippen LogP contribution is 2.10. The van der Waals surface area contributed by atoms with E-state index in [9.17, 15) is 4.79 Å². The van der Waals surface area contributed by atoms with Crippen molar-refractivity contribution in [2.24, 2.45) is 5.92 Å². The molecule has 0 N–H and O–H groups in total. The standard InChI is InChI=1S/C12H15BrO/c1-9(2)12(14)11-5-3-10(4-6-11)7-8-13/h3-6,9H,7-8H2,1-2H3. The van der Waals surface area contributed by atoms with Gasteiger partial charge >= 0.3 is 0 Å². The zero-order chi connectivity index (χ0) is 10.6.